The van der Waals surface area contributed by atoms with Crippen LogP contribution in [-0.4, -0.2) is 23.7 Å². The number of aromatic carboxylic acids is 1. The number of ether oxygens (including phenoxy) is 1. The Balaban J connectivity index is 2.00. The third-order valence-corrected chi connectivity index (χ3v) is 3.22. The SMILES string of the molecule is NC[C@H]1Cc2cc(-c3ccc(C(=O)O)o3)cc(F)c2O1. The van der Waals surface area contributed by atoms with E-state index in [-0.39, 0.29) is 17.6 Å². The molecule has 1 aliphatic rings. The summed E-state index contributed by atoms with van der Waals surface area (Å²) in [7, 11) is 0. The summed E-state index contributed by atoms with van der Waals surface area (Å²) in [5, 5.41) is 8.82. The zero-order valence-corrected chi connectivity index (χ0v) is 10.4. The summed E-state index contributed by atoms with van der Waals surface area (Å²) in [4.78, 5) is 10.8. The first-order chi connectivity index (χ1) is 9.58. The van der Waals surface area contributed by atoms with E-state index < -0.39 is 11.8 Å². The fourth-order valence-corrected chi connectivity index (χ4v) is 2.27. The predicted molar refractivity (Wildman–Crippen MR) is 68.2 cm³/mol. The fraction of sp³-hybridized carbons (Fsp3) is 0.214. The smallest absolute Gasteiger partial charge is 0.371 e. The molecule has 1 aromatic heterocycles. The topological polar surface area (TPSA) is 85.7 Å². The third-order valence-electron chi connectivity index (χ3n) is 3.22. The number of hydrogen-bond acceptors (Lipinski definition) is 4. The molecule has 2 heterocycles. The molecule has 3 rings (SSSR count). The van der Waals surface area contributed by atoms with Crippen molar-refractivity contribution in [2.24, 2.45) is 5.73 Å². The number of rotatable bonds is 3. The highest BCUT2D eigenvalue weighted by molar-refractivity contribution is 5.85. The molecule has 0 saturated heterocycles. The number of benzene rings is 1. The number of carbonyl (C=O) groups is 1. The van der Waals surface area contributed by atoms with Crippen LogP contribution in [0.2, 0.25) is 0 Å². The molecule has 0 aliphatic carbocycles. The number of halogens is 1. The normalized spacial score (nSPS) is 16.8. The highest BCUT2D eigenvalue weighted by Gasteiger charge is 2.26. The second-order valence-electron chi connectivity index (χ2n) is 4.60. The van der Waals surface area contributed by atoms with Crippen LogP contribution in [-0.2, 0) is 6.42 Å². The van der Waals surface area contributed by atoms with Crippen LogP contribution >= 0.6 is 0 Å². The van der Waals surface area contributed by atoms with E-state index >= 15 is 0 Å². The Morgan fingerprint density at radius 1 is 1.45 bits per heavy atom. The Hall–Kier alpha value is -2.34. The second-order valence-corrected chi connectivity index (χ2v) is 4.60. The zero-order valence-electron chi connectivity index (χ0n) is 10.4. The van der Waals surface area contributed by atoms with E-state index in [1.54, 1.807) is 6.07 Å². The van der Waals surface area contributed by atoms with Gasteiger partial charge >= 0.3 is 5.97 Å². The monoisotopic (exact) mass is 277 g/mol. The third kappa shape index (κ3) is 2.04. The van der Waals surface area contributed by atoms with Gasteiger partial charge in [-0.25, -0.2) is 9.18 Å². The largest absolute Gasteiger partial charge is 0.485 e. The average molecular weight is 277 g/mol. The van der Waals surface area contributed by atoms with Gasteiger partial charge in [-0.15, -0.1) is 0 Å². The molecule has 0 fully saturated rings. The first-order valence-corrected chi connectivity index (χ1v) is 6.11. The Kier molecular flexibility index (Phi) is 2.94. The fourth-order valence-electron chi connectivity index (χ4n) is 2.27. The molecule has 0 amide bonds. The van der Waals surface area contributed by atoms with Crippen LogP contribution in [0.5, 0.6) is 5.75 Å². The molecule has 1 aliphatic heterocycles. The van der Waals surface area contributed by atoms with Gasteiger partial charge < -0.3 is 20.0 Å². The Bertz CT molecular complexity index is 680. The molecule has 0 radical (unpaired) electrons. The quantitative estimate of drug-likeness (QED) is 0.896. The molecule has 5 nitrogen and oxygen atoms in total. The van der Waals surface area contributed by atoms with E-state index in [0.717, 1.165) is 0 Å². The number of furan rings is 1. The van der Waals surface area contributed by atoms with Crippen molar-refractivity contribution in [3.8, 4) is 17.1 Å². The van der Waals surface area contributed by atoms with E-state index in [0.29, 0.717) is 29.9 Å². The number of hydrogen-bond donors (Lipinski definition) is 2. The molecule has 0 saturated carbocycles. The summed E-state index contributed by atoms with van der Waals surface area (Å²) in [6.45, 7) is 0.313. The molecule has 0 unspecified atom stereocenters. The molecule has 20 heavy (non-hydrogen) atoms. The van der Waals surface area contributed by atoms with Crippen molar-refractivity contribution in [1.82, 2.24) is 0 Å². The Morgan fingerprint density at radius 3 is 2.90 bits per heavy atom. The minimum Gasteiger partial charge on any atom is -0.485 e. The number of nitrogens with two attached hydrogens (primary N) is 1. The van der Waals surface area contributed by atoms with Gasteiger partial charge in [-0.3, -0.25) is 0 Å². The summed E-state index contributed by atoms with van der Waals surface area (Å²) in [5.74, 6) is -1.32. The standard InChI is InChI=1S/C14H12FNO4/c15-10-5-7(11-1-2-12(20-11)14(17)18)3-8-4-9(6-16)19-13(8)10/h1-3,5,9H,4,6,16H2,(H,17,18)/t9-/m1/s1. The summed E-state index contributed by atoms with van der Waals surface area (Å²) in [6.07, 6.45) is 0.309. The first-order valence-electron chi connectivity index (χ1n) is 6.11. The van der Waals surface area contributed by atoms with Crippen LogP contribution in [0, 0.1) is 5.82 Å². The first kappa shape index (κ1) is 12.7. The van der Waals surface area contributed by atoms with Crippen LogP contribution < -0.4 is 10.5 Å². The summed E-state index contributed by atoms with van der Waals surface area (Å²) < 4.78 is 24.6. The van der Waals surface area contributed by atoms with E-state index in [4.69, 9.17) is 20.0 Å². The van der Waals surface area contributed by atoms with E-state index in [9.17, 15) is 9.18 Å². The van der Waals surface area contributed by atoms with Gasteiger partial charge in [0.15, 0.2) is 11.6 Å². The van der Waals surface area contributed by atoms with Crippen molar-refractivity contribution < 1.29 is 23.4 Å². The molecule has 2 aromatic rings. The van der Waals surface area contributed by atoms with Gasteiger partial charge in [0.2, 0.25) is 5.76 Å². The van der Waals surface area contributed by atoms with Gasteiger partial charge in [-0.2, -0.15) is 0 Å². The summed E-state index contributed by atoms with van der Waals surface area (Å²) in [6, 6.07) is 5.84. The van der Waals surface area contributed by atoms with Gasteiger partial charge in [0, 0.05) is 24.1 Å². The molecular weight excluding hydrogens is 265 g/mol. The molecule has 1 aromatic carbocycles. The molecular formula is C14H12FNO4. The van der Waals surface area contributed by atoms with Crippen LogP contribution in [0.15, 0.2) is 28.7 Å². The van der Waals surface area contributed by atoms with E-state index in [2.05, 4.69) is 0 Å². The summed E-state index contributed by atoms with van der Waals surface area (Å²) in [5.41, 5.74) is 6.71. The molecule has 3 N–H and O–H groups in total. The number of carboxylic acids is 1. The number of carboxylic acid groups (broad SMARTS) is 1. The lowest BCUT2D eigenvalue weighted by Gasteiger charge is -2.06. The van der Waals surface area contributed by atoms with Gasteiger partial charge in [0.25, 0.3) is 0 Å². The maximum Gasteiger partial charge on any atom is 0.371 e. The predicted octanol–water partition coefficient (Wildman–Crippen LogP) is 2.05. The lowest BCUT2D eigenvalue weighted by atomic mass is 10.0. The van der Waals surface area contributed by atoms with Crippen LogP contribution in [0.1, 0.15) is 16.1 Å². The maximum absolute atomic E-state index is 14.0. The van der Waals surface area contributed by atoms with Crippen LogP contribution in [0.3, 0.4) is 0 Å². The van der Waals surface area contributed by atoms with Gasteiger partial charge in [0.1, 0.15) is 11.9 Å². The van der Waals surface area contributed by atoms with Crippen LogP contribution in [0.25, 0.3) is 11.3 Å². The minimum absolute atomic E-state index is 0.183. The van der Waals surface area contributed by atoms with Crippen molar-refractivity contribution in [2.75, 3.05) is 6.54 Å². The van der Waals surface area contributed by atoms with Crippen molar-refractivity contribution in [2.45, 2.75) is 12.5 Å². The minimum atomic E-state index is -1.16. The van der Waals surface area contributed by atoms with Gasteiger partial charge in [-0.05, 0) is 24.3 Å². The number of fused-ring (bicyclic) bond motifs is 1. The summed E-state index contributed by atoms with van der Waals surface area (Å²) >= 11 is 0. The van der Waals surface area contributed by atoms with E-state index in [1.807, 2.05) is 0 Å². The lowest BCUT2D eigenvalue weighted by Crippen LogP contribution is -2.24. The average Bonchev–Trinajstić information content (AvgIpc) is 3.05. The lowest BCUT2D eigenvalue weighted by molar-refractivity contribution is 0.0663. The van der Waals surface area contributed by atoms with E-state index in [1.165, 1.54) is 18.2 Å². The van der Waals surface area contributed by atoms with Gasteiger partial charge in [-0.1, -0.05) is 0 Å². The second kappa shape index (κ2) is 4.64. The van der Waals surface area contributed by atoms with Crippen molar-refractivity contribution >= 4 is 5.97 Å². The van der Waals surface area contributed by atoms with Crippen molar-refractivity contribution in [3.05, 3.63) is 41.4 Å². The molecule has 0 bridgehead atoms. The van der Waals surface area contributed by atoms with Crippen molar-refractivity contribution in [3.63, 3.8) is 0 Å². The Labute approximate surface area is 113 Å². The Morgan fingerprint density at radius 2 is 2.25 bits per heavy atom. The van der Waals surface area contributed by atoms with Gasteiger partial charge in [0.05, 0.1) is 0 Å². The van der Waals surface area contributed by atoms with Crippen molar-refractivity contribution in [1.29, 1.82) is 0 Å². The molecule has 1 atom stereocenters. The van der Waals surface area contributed by atoms with Crippen LogP contribution in [0.4, 0.5) is 4.39 Å². The highest BCUT2D eigenvalue weighted by atomic mass is 19.1. The highest BCUT2D eigenvalue weighted by Crippen LogP contribution is 2.36. The molecule has 104 valence electrons. The maximum atomic E-state index is 14.0. The molecule has 6 heteroatoms. The molecule has 0 spiro atoms. The zero-order chi connectivity index (χ0) is 14.3.